The molecule has 0 aliphatic heterocycles. The van der Waals surface area contributed by atoms with Crippen molar-refractivity contribution in [1.82, 2.24) is 0 Å². The van der Waals surface area contributed by atoms with Gasteiger partial charge in [-0.25, -0.2) is 17.6 Å². The van der Waals surface area contributed by atoms with E-state index >= 15 is 0 Å². The first-order chi connectivity index (χ1) is 11.3. The SMILES string of the molecule is O=C(C(c1cccc(Br)c1)C(F)F)C(c1cccc(Br)c1)C(F)F. The molecule has 0 fully saturated rings. The summed E-state index contributed by atoms with van der Waals surface area (Å²) in [6.45, 7) is 0. The lowest BCUT2D eigenvalue weighted by atomic mass is 9.84. The molecule has 0 aliphatic rings. The van der Waals surface area contributed by atoms with E-state index in [9.17, 15) is 22.4 Å². The zero-order valence-corrected chi connectivity index (χ0v) is 15.3. The maximum absolute atomic E-state index is 13.5. The molecule has 128 valence electrons. The normalized spacial score (nSPS) is 14.0. The number of halogens is 6. The van der Waals surface area contributed by atoms with Crippen molar-refractivity contribution in [2.45, 2.75) is 24.7 Å². The van der Waals surface area contributed by atoms with Crippen molar-refractivity contribution in [3.63, 3.8) is 0 Å². The molecule has 0 saturated heterocycles. The number of hydrogen-bond acceptors (Lipinski definition) is 1. The van der Waals surface area contributed by atoms with Gasteiger partial charge in [-0.15, -0.1) is 0 Å². The first-order valence-electron chi connectivity index (χ1n) is 6.92. The fourth-order valence-electron chi connectivity index (χ4n) is 2.46. The number of alkyl halides is 4. The Morgan fingerprint density at radius 3 is 1.42 bits per heavy atom. The molecule has 0 saturated carbocycles. The number of rotatable bonds is 6. The first-order valence-corrected chi connectivity index (χ1v) is 8.51. The van der Waals surface area contributed by atoms with E-state index in [1.54, 1.807) is 12.1 Å². The van der Waals surface area contributed by atoms with Crippen molar-refractivity contribution >= 4 is 37.6 Å². The highest BCUT2D eigenvalue weighted by Crippen LogP contribution is 2.36. The average molecular weight is 468 g/mol. The smallest absolute Gasteiger partial charge is 0.252 e. The standard InChI is InChI=1S/C17H12Br2F4O/c18-11-5-1-3-9(7-11)13(16(20)21)15(24)14(17(22)23)10-4-2-6-12(19)8-10/h1-8,13-14,16-17H. The second kappa shape index (κ2) is 8.25. The Hall–Kier alpha value is -1.21. The van der Waals surface area contributed by atoms with E-state index in [0.29, 0.717) is 8.95 Å². The van der Waals surface area contributed by atoms with Gasteiger partial charge in [0.2, 0.25) is 0 Å². The lowest BCUT2D eigenvalue weighted by Crippen LogP contribution is -2.30. The summed E-state index contributed by atoms with van der Waals surface area (Å²) in [6, 6.07) is 11.5. The van der Waals surface area contributed by atoms with E-state index < -0.39 is 30.5 Å². The third-order valence-electron chi connectivity index (χ3n) is 3.53. The van der Waals surface area contributed by atoms with Gasteiger partial charge in [-0.05, 0) is 35.4 Å². The molecular weight excluding hydrogens is 456 g/mol. The highest BCUT2D eigenvalue weighted by molar-refractivity contribution is 9.10. The predicted octanol–water partition coefficient (Wildman–Crippen LogP) is 6.18. The molecule has 0 bridgehead atoms. The van der Waals surface area contributed by atoms with E-state index in [1.165, 1.54) is 36.4 Å². The van der Waals surface area contributed by atoms with Gasteiger partial charge in [0, 0.05) is 8.95 Å². The molecule has 1 nitrogen and oxygen atoms in total. The molecule has 0 N–H and O–H groups in total. The van der Waals surface area contributed by atoms with Crippen molar-refractivity contribution in [2.75, 3.05) is 0 Å². The average Bonchev–Trinajstić information content (AvgIpc) is 2.46. The van der Waals surface area contributed by atoms with Gasteiger partial charge in [0.1, 0.15) is 11.8 Å². The Bertz CT molecular complexity index is 662. The van der Waals surface area contributed by atoms with E-state index in [-0.39, 0.29) is 11.1 Å². The van der Waals surface area contributed by atoms with E-state index in [0.717, 1.165) is 0 Å². The Morgan fingerprint density at radius 1 is 0.750 bits per heavy atom. The van der Waals surface area contributed by atoms with Crippen LogP contribution in [0.15, 0.2) is 57.5 Å². The van der Waals surface area contributed by atoms with Crippen LogP contribution in [0.4, 0.5) is 17.6 Å². The van der Waals surface area contributed by atoms with Gasteiger partial charge in [-0.2, -0.15) is 0 Å². The van der Waals surface area contributed by atoms with Crippen LogP contribution in [0.3, 0.4) is 0 Å². The van der Waals surface area contributed by atoms with Gasteiger partial charge >= 0.3 is 0 Å². The van der Waals surface area contributed by atoms with Crippen molar-refractivity contribution < 1.29 is 22.4 Å². The Kier molecular flexibility index (Phi) is 6.57. The molecule has 7 heteroatoms. The summed E-state index contributed by atoms with van der Waals surface area (Å²) < 4.78 is 55.0. The zero-order valence-electron chi connectivity index (χ0n) is 12.1. The molecule has 2 rings (SSSR count). The number of carbonyl (C=O) groups is 1. The van der Waals surface area contributed by atoms with Gasteiger partial charge in [0.05, 0.1) is 0 Å². The molecule has 24 heavy (non-hydrogen) atoms. The van der Waals surface area contributed by atoms with Crippen LogP contribution in [0.1, 0.15) is 23.0 Å². The van der Waals surface area contributed by atoms with E-state index in [2.05, 4.69) is 31.9 Å². The van der Waals surface area contributed by atoms with Crippen LogP contribution >= 0.6 is 31.9 Å². The number of Topliss-reactive ketones (excluding diaryl/α,β-unsaturated/α-hetero) is 1. The third kappa shape index (κ3) is 4.45. The topological polar surface area (TPSA) is 17.1 Å². The van der Waals surface area contributed by atoms with E-state index in [1.807, 2.05) is 0 Å². The molecule has 2 aromatic carbocycles. The number of hydrogen-bond donors (Lipinski definition) is 0. The molecule has 0 aliphatic carbocycles. The second-order valence-electron chi connectivity index (χ2n) is 5.14. The van der Waals surface area contributed by atoms with Gasteiger partial charge in [-0.3, -0.25) is 4.79 Å². The summed E-state index contributed by atoms with van der Waals surface area (Å²) in [7, 11) is 0. The molecule has 2 atom stereocenters. The number of benzene rings is 2. The maximum Gasteiger partial charge on any atom is 0.252 e. The molecule has 0 heterocycles. The summed E-state index contributed by atoms with van der Waals surface area (Å²) in [6.07, 6.45) is -6.17. The van der Waals surface area contributed by atoms with Crippen molar-refractivity contribution in [2.24, 2.45) is 0 Å². The van der Waals surface area contributed by atoms with Gasteiger partial charge in [0.15, 0.2) is 5.78 Å². The molecule has 0 amide bonds. The minimum Gasteiger partial charge on any atom is -0.298 e. The third-order valence-corrected chi connectivity index (χ3v) is 4.52. The van der Waals surface area contributed by atoms with Crippen molar-refractivity contribution in [3.8, 4) is 0 Å². The monoisotopic (exact) mass is 466 g/mol. The van der Waals surface area contributed by atoms with Gasteiger partial charge in [-0.1, -0.05) is 56.1 Å². The molecule has 0 aromatic heterocycles. The molecule has 0 radical (unpaired) electrons. The van der Waals surface area contributed by atoms with Crippen molar-refractivity contribution in [1.29, 1.82) is 0 Å². The Morgan fingerprint density at radius 2 is 1.12 bits per heavy atom. The van der Waals surface area contributed by atoms with Crippen LogP contribution < -0.4 is 0 Å². The van der Waals surface area contributed by atoms with Gasteiger partial charge < -0.3 is 0 Å². The molecular formula is C17H12Br2F4O. The predicted molar refractivity (Wildman–Crippen MR) is 90.8 cm³/mol. The maximum atomic E-state index is 13.5. The zero-order chi connectivity index (χ0) is 17.9. The summed E-state index contributed by atoms with van der Waals surface area (Å²) in [5.74, 6) is -5.03. The minimum atomic E-state index is -3.08. The number of carbonyl (C=O) groups excluding carboxylic acids is 1. The summed E-state index contributed by atoms with van der Waals surface area (Å²) >= 11 is 6.28. The van der Waals surface area contributed by atoms with Crippen LogP contribution in [-0.4, -0.2) is 18.6 Å². The molecule has 2 aromatic rings. The summed E-state index contributed by atoms with van der Waals surface area (Å²) in [5.41, 5.74) is 0.00930. The minimum absolute atomic E-state index is 0.00465. The van der Waals surface area contributed by atoms with Crippen LogP contribution in [0, 0.1) is 0 Å². The second-order valence-corrected chi connectivity index (χ2v) is 6.97. The summed E-state index contributed by atoms with van der Waals surface area (Å²) in [5, 5.41) is 0. The first kappa shape index (κ1) is 19.1. The molecule has 2 unspecified atom stereocenters. The van der Waals surface area contributed by atoms with Crippen LogP contribution in [0.2, 0.25) is 0 Å². The lowest BCUT2D eigenvalue weighted by molar-refractivity contribution is -0.128. The highest BCUT2D eigenvalue weighted by Gasteiger charge is 2.40. The largest absolute Gasteiger partial charge is 0.298 e. The van der Waals surface area contributed by atoms with E-state index in [4.69, 9.17) is 0 Å². The van der Waals surface area contributed by atoms with Crippen LogP contribution in [0.25, 0.3) is 0 Å². The number of ketones is 1. The lowest BCUT2D eigenvalue weighted by Gasteiger charge is -2.22. The highest BCUT2D eigenvalue weighted by atomic mass is 79.9. The van der Waals surface area contributed by atoms with Crippen LogP contribution in [0.5, 0.6) is 0 Å². The molecule has 0 spiro atoms. The fourth-order valence-corrected chi connectivity index (χ4v) is 3.30. The summed E-state index contributed by atoms with van der Waals surface area (Å²) in [4.78, 5) is 12.6. The van der Waals surface area contributed by atoms with Crippen molar-refractivity contribution in [3.05, 3.63) is 68.6 Å². The van der Waals surface area contributed by atoms with Crippen LogP contribution in [-0.2, 0) is 4.79 Å². The Balaban J connectivity index is 2.46. The quantitative estimate of drug-likeness (QED) is 0.463. The van der Waals surface area contributed by atoms with Gasteiger partial charge in [0.25, 0.3) is 12.9 Å². The Labute approximate surface area is 153 Å². The fraction of sp³-hybridized carbons (Fsp3) is 0.235.